The second-order valence-corrected chi connectivity index (χ2v) is 10.8. The van der Waals surface area contributed by atoms with Crippen LogP contribution in [0.4, 0.5) is 5.69 Å². The third kappa shape index (κ3) is 7.07. The van der Waals surface area contributed by atoms with Crippen molar-refractivity contribution < 1.29 is 14.3 Å². The molecule has 0 bridgehead atoms. The van der Waals surface area contributed by atoms with E-state index in [1.54, 1.807) is 13.3 Å². The number of para-hydroxylation sites is 2. The highest BCUT2D eigenvalue weighted by Gasteiger charge is 2.19. The van der Waals surface area contributed by atoms with E-state index in [-0.39, 0.29) is 5.91 Å². The molecule has 1 aliphatic rings. The van der Waals surface area contributed by atoms with Crippen molar-refractivity contribution in [2.75, 3.05) is 38.2 Å². The first-order chi connectivity index (χ1) is 21.7. The molecule has 0 saturated carbocycles. The Labute approximate surface area is 258 Å². The molecule has 0 aromatic heterocycles. The van der Waals surface area contributed by atoms with Crippen LogP contribution in [-0.4, -0.2) is 50.3 Å². The van der Waals surface area contributed by atoms with Crippen LogP contribution in [0.5, 0.6) is 11.5 Å². The van der Waals surface area contributed by atoms with Gasteiger partial charge in [-0.2, -0.15) is 5.10 Å². The standard InChI is InChI=1S/C37H36N4O3/c1-43-36-12-5-4-11-35(36)41-23-21-40(22-24-41)26-29-13-17-31(18-14-29)37(42)39-38-25-28-15-19-33(20-16-28)44-27-32-9-6-8-30-7-2-3-10-34(30)32/h2-20,25H,21-24,26-27H2,1H3,(H,39,42)/b38-25-. The Kier molecular flexibility index (Phi) is 9.14. The van der Waals surface area contributed by atoms with Crippen molar-refractivity contribution in [3.05, 3.63) is 138 Å². The lowest BCUT2D eigenvalue weighted by molar-refractivity contribution is 0.0955. The second-order valence-electron chi connectivity index (χ2n) is 10.8. The van der Waals surface area contributed by atoms with Crippen molar-refractivity contribution >= 4 is 28.6 Å². The first-order valence-electron chi connectivity index (χ1n) is 14.9. The summed E-state index contributed by atoms with van der Waals surface area (Å²) in [5.74, 6) is 1.45. The Morgan fingerprint density at radius 3 is 2.34 bits per heavy atom. The van der Waals surface area contributed by atoms with Crippen molar-refractivity contribution in [2.24, 2.45) is 5.10 Å². The number of nitrogens with zero attached hydrogens (tertiary/aromatic N) is 3. The number of anilines is 1. The fourth-order valence-corrected chi connectivity index (χ4v) is 5.52. The van der Waals surface area contributed by atoms with Crippen molar-refractivity contribution in [1.29, 1.82) is 0 Å². The molecule has 0 aliphatic carbocycles. The summed E-state index contributed by atoms with van der Waals surface area (Å²) >= 11 is 0. The third-order valence-electron chi connectivity index (χ3n) is 7.95. The minimum Gasteiger partial charge on any atom is -0.495 e. The second kappa shape index (κ2) is 13.9. The molecule has 1 aliphatic heterocycles. The molecule has 5 aromatic rings. The zero-order valence-corrected chi connectivity index (χ0v) is 24.9. The van der Waals surface area contributed by atoms with Crippen LogP contribution in [0.25, 0.3) is 10.8 Å². The summed E-state index contributed by atoms with van der Waals surface area (Å²) in [6.07, 6.45) is 1.63. The van der Waals surface area contributed by atoms with E-state index in [1.165, 1.54) is 16.3 Å². The van der Waals surface area contributed by atoms with E-state index < -0.39 is 0 Å². The Hall–Kier alpha value is -5.14. The van der Waals surface area contributed by atoms with Crippen LogP contribution in [0, 0.1) is 0 Å². The predicted octanol–water partition coefficient (Wildman–Crippen LogP) is 6.51. The number of benzene rings is 5. The fourth-order valence-electron chi connectivity index (χ4n) is 5.52. The average molecular weight is 585 g/mol. The van der Waals surface area contributed by atoms with Gasteiger partial charge in [-0.25, -0.2) is 5.43 Å². The zero-order valence-electron chi connectivity index (χ0n) is 24.9. The van der Waals surface area contributed by atoms with E-state index in [4.69, 9.17) is 9.47 Å². The number of methoxy groups -OCH3 is 1. The molecule has 7 nitrogen and oxygen atoms in total. The summed E-state index contributed by atoms with van der Waals surface area (Å²) < 4.78 is 11.6. The van der Waals surface area contributed by atoms with Crippen molar-refractivity contribution in [2.45, 2.75) is 13.2 Å². The van der Waals surface area contributed by atoms with Gasteiger partial charge in [-0.3, -0.25) is 9.69 Å². The van der Waals surface area contributed by atoms with Crippen LogP contribution in [0.3, 0.4) is 0 Å². The maximum atomic E-state index is 12.7. The minimum absolute atomic E-state index is 0.242. The van der Waals surface area contributed by atoms with Gasteiger partial charge < -0.3 is 14.4 Å². The summed E-state index contributed by atoms with van der Waals surface area (Å²) in [7, 11) is 1.72. The molecule has 7 heteroatoms. The summed E-state index contributed by atoms with van der Waals surface area (Å²) in [6, 6.07) is 38.1. The number of fused-ring (bicyclic) bond motifs is 1. The maximum Gasteiger partial charge on any atom is 0.271 e. The molecule has 0 radical (unpaired) electrons. The maximum absolute atomic E-state index is 12.7. The number of hydrogen-bond donors (Lipinski definition) is 1. The van der Waals surface area contributed by atoms with Gasteiger partial charge >= 0.3 is 0 Å². The molecule has 44 heavy (non-hydrogen) atoms. The highest BCUT2D eigenvalue weighted by Crippen LogP contribution is 2.28. The molecule has 5 aromatic carbocycles. The Morgan fingerprint density at radius 2 is 1.55 bits per heavy atom. The molecule has 0 spiro atoms. The molecule has 1 fully saturated rings. The van der Waals surface area contributed by atoms with E-state index in [0.717, 1.165) is 61.0 Å². The largest absolute Gasteiger partial charge is 0.495 e. The molecule has 1 heterocycles. The zero-order chi connectivity index (χ0) is 30.1. The lowest BCUT2D eigenvalue weighted by Crippen LogP contribution is -2.46. The van der Waals surface area contributed by atoms with Gasteiger partial charge in [0.2, 0.25) is 0 Å². The van der Waals surface area contributed by atoms with Crippen LogP contribution >= 0.6 is 0 Å². The smallest absolute Gasteiger partial charge is 0.271 e. The van der Waals surface area contributed by atoms with Gasteiger partial charge in [0, 0.05) is 38.3 Å². The Bertz CT molecular complexity index is 1720. The van der Waals surface area contributed by atoms with Crippen molar-refractivity contribution in [3.63, 3.8) is 0 Å². The summed E-state index contributed by atoms with van der Waals surface area (Å²) in [5, 5.41) is 6.55. The average Bonchev–Trinajstić information content (AvgIpc) is 3.08. The monoisotopic (exact) mass is 584 g/mol. The Balaban J connectivity index is 0.953. The SMILES string of the molecule is COc1ccccc1N1CCN(Cc2ccc(C(=O)N/N=C\c3ccc(OCc4cccc5ccccc45)cc3)cc2)CC1. The van der Waals surface area contributed by atoms with Crippen LogP contribution in [0.15, 0.2) is 120 Å². The van der Waals surface area contributed by atoms with Gasteiger partial charge in [-0.05, 0) is 76.0 Å². The van der Waals surface area contributed by atoms with Crippen molar-refractivity contribution in [1.82, 2.24) is 10.3 Å². The van der Waals surface area contributed by atoms with E-state index in [2.05, 4.69) is 62.8 Å². The van der Waals surface area contributed by atoms with Crippen LogP contribution < -0.4 is 19.8 Å². The number of nitrogens with one attached hydrogen (secondary N) is 1. The molecule has 1 amide bonds. The molecule has 222 valence electrons. The summed E-state index contributed by atoms with van der Waals surface area (Å²) in [4.78, 5) is 17.5. The van der Waals surface area contributed by atoms with Gasteiger partial charge in [0.05, 0.1) is 19.0 Å². The van der Waals surface area contributed by atoms with E-state index in [1.807, 2.05) is 72.8 Å². The number of hydrogen-bond acceptors (Lipinski definition) is 6. The number of ether oxygens (including phenoxy) is 2. The summed E-state index contributed by atoms with van der Waals surface area (Å²) in [6.45, 7) is 5.16. The number of piperazine rings is 1. The highest BCUT2D eigenvalue weighted by molar-refractivity contribution is 5.95. The van der Waals surface area contributed by atoms with Gasteiger partial charge in [0.1, 0.15) is 18.1 Å². The molecule has 1 saturated heterocycles. The normalized spacial score (nSPS) is 13.7. The summed E-state index contributed by atoms with van der Waals surface area (Å²) in [5.41, 5.74) is 7.54. The molecular formula is C37H36N4O3. The first-order valence-corrected chi connectivity index (χ1v) is 14.9. The predicted molar refractivity (Wildman–Crippen MR) is 177 cm³/mol. The van der Waals surface area contributed by atoms with Crippen molar-refractivity contribution in [3.8, 4) is 11.5 Å². The lowest BCUT2D eigenvalue weighted by atomic mass is 10.1. The van der Waals surface area contributed by atoms with Gasteiger partial charge in [-0.1, -0.05) is 66.7 Å². The molecule has 1 N–H and O–H groups in total. The quantitative estimate of drug-likeness (QED) is 0.150. The van der Waals surface area contributed by atoms with E-state index in [0.29, 0.717) is 12.2 Å². The highest BCUT2D eigenvalue weighted by atomic mass is 16.5. The molecular weight excluding hydrogens is 548 g/mol. The van der Waals surface area contributed by atoms with Gasteiger partial charge in [0.25, 0.3) is 5.91 Å². The van der Waals surface area contributed by atoms with Gasteiger partial charge in [0.15, 0.2) is 0 Å². The van der Waals surface area contributed by atoms with Crippen LogP contribution in [-0.2, 0) is 13.2 Å². The number of amides is 1. The van der Waals surface area contributed by atoms with Gasteiger partial charge in [-0.15, -0.1) is 0 Å². The minimum atomic E-state index is -0.242. The Morgan fingerprint density at radius 1 is 0.818 bits per heavy atom. The first kappa shape index (κ1) is 29.0. The molecule has 0 atom stereocenters. The number of hydrazone groups is 1. The topological polar surface area (TPSA) is 66.4 Å². The number of rotatable bonds is 10. The molecule has 6 rings (SSSR count). The number of carbonyl (C=O) groups excluding carboxylic acids is 1. The van der Waals surface area contributed by atoms with Crippen LogP contribution in [0.1, 0.15) is 27.0 Å². The third-order valence-corrected chi connectivity index (χ3v) is 7.95. The fraction of sp³-hybridized carbons (Fsp3) is 0.189. The molecule has 0 unspecified atom stereocenters. The van der Waals surface area contributed by atoms with E-state index in [9.17, 15) is 4.79 Å². The van der Waals surface area contributed by atoms with Crippen LogP contribution in [0.2, 0.25) is 0 Å². The van der Waals surface area contributed by atoms with E-state index >= 15 is 0 Å². The lowest BCUT2D eigenvalue weighted by Gasteiger charge is -2.36. The number of carbonyl (C=O) groups is 1.